The largest absolute Gasteiger partial charge is 0.332 e. The molecule has 10 heteroatoms. The minimum atomic E-state index is -0.498. The van der Waals surface area contributed by atoms with Crippen LogP contribution in [0.1, 0.15) is 15.2 Å². The van der Waals surface area contributed by atoms with Crippen molar-refractivity contribution in [3.05, 3.63) is 65.3 Å². The number of carbonyl (C=O) groups is 2. The van der Waals surface area contributed by atoms with E-state index in [1.165, 1.54) is 29.6 Å². The molecule has 1 aliphatic heterocycles. The van der Waals surface area contributed by atoms with Crippen molar-refractivity contribution in [2.75, 3.05) is 15.5 Å². The number of nitrogens with one attached hydrogen (secondary N) is 2. The molecule has 4 heterocycles. The first-order chi connectivity index (χ1) is 14.5. The third kappa shape index (κ3) is 2.85. The Morgan fingerprint density at radius 3 is 2.90 bits per heavy atom. The Hall–Kier alpha value is -3.92. The van der Waals surface area contributed by atoms with Crippen LogP contribution in [0.3, 0.4) is 0 Å². The third-order valence-electron chi connectivity index (χ3n) is 4.64. The molecule has 0 fully saturated rings. The monoisotopic (exact) mass is 420 g/mol. The topological polar surface area (TPSA) is 100 Å². The molecule has 2 N–H and O–H groups in total. The number of thiophene rings is 1. The van der Waals surface area contributed by atoms with Crippen LogP contribution in [0, 0.1) is 12.7 Å². The van der Waals surface area contributed by atoms with Crippen molar-refractivity contribution >= 4 is 56.4 Å². The predicted molar refractivity (Wildman–Crippen MR) is 112 cm³/mol. The van der Waals surface area contributed by atoms with Gasteiger partial charge in [-0.2, -0.15) is 0 Å². The summed E-state index contributed by atoms with van der Waals surface area (Å²) >= 11 is 1.15. The van der Waals surface area contributed by atoms with Gasteiger partial charge in [-0.05, 0) is 42.8 Å². The molecule has 0 saturated carbocycles. The van der Waals surface area contributed by atoms with Crippen LogP contribution in [0.2, 0.25) is 0 Å². The highest BCUT2D eigenvalue weighted by atomic mass is 32.1. The molecular formula is C20H13FN6O2S. The molecule has 0 saturated heterocycles. The normalized spacial score (nSPS) is 12.7. The van der Waals surface area contributed by atoms with Gasteiger partial charge in [0.2, 0.25) is 0 Å². The first-order valence-electron chi connectivity index (χ1n) is 8.89. The van der Waals surface area contributed by atoms with E-state index in [4.69, 9.17) is 0 Å². The predicted octanol–water partition coefficient (Wildman–Crippen LogP) is 4.47. The number of carbonyl (C=O) groups excluding carboxylic acids is 2. The Morgan fingerprint density at radius 2 is 2.13 bits per heavy atom. The lowest BCUT2D eigenvalue weighted by molar-refractivity contribution is 0.103. The van der Waals surface area contributed by atoms with Crippen molar-refractivity contribution in [1.29, 1.82) is 0 Å². The van der Waals surface area contributed by atoms with E-state index < -0.39 is 11.9 Å². The van der Waals surface area contributed by atoms with Crippen LogP contribution in [-0.4, -0.2) is 26.9 Å². The third-order valence-corrected chi connectivity index (χ3v) is 5.74. The summed E-state index contributed by atoms with van der Waals surface area (Å²) in [5, 5.41) is 6.09. The Balaban J connectivity index is 1.62. The maximum Gasteiger partial charge on any atom is 0.332 e. The molecule has 1 aromatic carbocycles. The summed E-state index contributed by atoms with van der Waals surface area (Å²) in [6.45, 7) is 1.62. The molecule has 0 spiro atoms. The molecule has 5 rings (SSSR count). The summed E-state index contributed by atoms with van der Waals surface area (Å²) in [5.41, 5.74) is 1.75. The van der Waals surface area contributed by atoms with Crippen molar-refractivity contribution in [1.82, 2.24) is 15.0 Å². The molecule has 0 radical (unpaired) electrons. The van der Waals surface area contributed by atoms with Gasteiger partial charge in [-0.1, -0.05) is 0 Å². The zero-order valence-electron chi connectivity index (χ0n) is 15.5. The van der Waals surface area contributed by atoms with Gasteiger partial charge in [0, 0.05) is 6.20 Å². The van der Waals surface area contributed by atoms with E-state index in [9.17, 15) is 14.0 Å². The number of hydrogen-bond donors (Lipinski definition) is 2. The SMILES string of the molecule is Cc1cc(N2C(=O)Nc3c(C(=O)Nc4cccnc4)sc4ncnc2c34)ccc1F. The molecule has 0 aliphatic carbocycles. The Labute approximate surface area is 173 Å². The van der Waals surface area contributed by atoms with Crippen LogP contribution >= 0.6 is 11.3 Å². The number of amides is 3. The van der Waals surface area contributed by atoms with Gasteiger partial charge >= 0.3 is 6.03 Å². The first-order valence-corrected chi connectivity index (χ1v) is 9.70. The molecule has 4 aromatic rings. The van der Waals surface area contributed by atoms with E-state index in [2.05, 4.69) is 25.6 Å². The Kier molecular flexibility index (Phi) is 4.14. The van der Waals surface area contributed by atoms with Crippen LogP contribution in [0.15, 0.2) is 49.1 Å². The number of benzene rings is 1. The molecule has 3 amide bonds. The lowest BCUT2D eigenvalue weighted by atomic mass is 10.1. The Bertz CT molecular complexity index is 1320. The number of rotatable bonds is 3. The van der Waals surface area contributed by atoms with E-state index >= 15 is 0 Å². The number of hydrogen-bond acceptors (Lipinski definition) is 6. The first kappa shape index (κ1) is 18.1. The van der Waals surface area contributed by atoms with E-state index in [0.717, 1.165) is 11.3 Å². The fourth-order valence-corrected chi connectivity index (χ4v) is 4.25. The number of anilines is 4. The second kappa shape index (κ2) is 6.85. The summed E-state index contributed by atoms with van der Waals surface area (Å²) in [6.07, 6.45) is 4.47. The summed E-state index contributed by atoms with van der Waals surface area (Å²) in [5.74, 6) is -0.422. The van der Waals surface area contributed by atoms with Crippen LogP contribution in [0.4, 0.5) is 32.1 Å². The van der Waals surface area contributed by atoms with Crippen molar-refractivity contribution in [2.45, 2.75) is 6.92 Å². The van der Waals surface area contributed by atoms with Gasteiger partial charge in [-0.3, -0.25) is 9.78 Å². The lowest BCUT2D eigenvalue weighted by Crippen LogP contribution is -2.35. The number of halogens is 1. The van der Waals surface area contributed by atoms with Crippen molar-refractivity contribution in [3.63, 3.8) is 0 Å². The van der Waals surface area contributed by atoms with Crippen molar-refractivity contribution < 1.29 is 14.0 Å². The van der Waals surface area contributed by atoms with Crippen LogP contribution in [0.5, 0.6) is 0 Å². The number of aryl methyl sites for hydroxylation is 1. The molecule has 30 heavy (non-hydrogen) atoms. The molecule has 0 bridgehead atoms. The smallest absolute Gasteiger partial charge is 0.320 e. The second-order valence-corrected chi connectivity index (χ2v) is 7.58. The van der Waals surface area contributed by atoms with Gasteiger partial charge in [0.05, 0.1) is 28.6 Å². The van der Waals surface area contributed by atoms with E-state index in [0.29, 0.717) is 43.5 Å². The number of pyridine rings is 1. The van der Waals surface area contributed by atoms with E-state index in [1.54, 1.807) is 31.3 Å². The van der Waals surface area contributed by atoms with Crippen LogP contribution in [0.25, 0.3) is 10.2 Å². The Morgan fingerprint density at radius 1 is 1.27 bits per heavy atom. The fraction of sp³-hybridized carbons (Fsp3) is 0.0500. The maximum atomic E-state index is 13.7. The van der Waals surface area contributed by atoms with Crippen LogP contribution in [-0.2, 0) is 0 Å². The van der Waals surface area contributed by atoms with Gasteiger partial charge in [-0.25, -0.2) is 24.1 Å². The molecule has 8 nitrogen and oxygen atoms in total. The molecule has 0 unspecified atom stereocenters. The average Bonchev–Trinajstić information content (AvgIpc) is 3.11. The van der Waals surface area contributed by atoms with E-state index in [-0.39, 0.29) is 5.82 Å². The number of aromatic nitrogens is 3. The molecule has 3 aromatic heterocycles. The number of urea groups is 1. The minimum Gasteiger partial charge on any atom is -0.320 e. The maximum absolute atomic E-state index is 13.7. The van der Waals surface area contributed by atoms with Gasteiger partial charge in [-0.15, -0.1) is 11.3 Å². The summed E-state index contributed by atoms with van der Waals surface area (Å²) in [7, 11) is 0. The molecule has 1 aliphatic rings. The number of nitrogens with zero attached hydrogens (tertiary/aromatic N) is 4. The lowest BCUT2D eigenvalue weighted by Gasteiger charge is -2.27. The highest BCUT2D eigenvalue weighted by Crippen LogP contribution is 2.44. The van der Waals surface area contributed by atoms with Crippen molar-refractivity contribution in [2.24, 2.45) is 0 Å². The zero-order chi connectivity index (χ0) is 20.8. The zero-order valence-corrected chi connectivity index (χ0v) is 16.3. The van der Waals surface area contributed by atoms with Gasteiger partial charge < -0.3 is 10.6 Å². The van der Waals surface area contributed by atoms with E-state index in [1.807, 2.05) is 0 Å². The van der Waals surface area contributed by atoms with Gasteiger partial charge in [0.25, 0.3) is 5.91 Å². The molecular weight excluding hydrogens is 407 g/mol. The summed E-state index contributed by atoms with van der Waals surface area (Å²) in [6, 6.07) is 7.29. The van der Waals surface area contributed by atoms with Gasteiger partial charge in [0.15, 0.2) is 5.82 Å². The highest BCUT2D eigenvalue weighted by Gasteiger charge is 2.34. The minimum absolute atomic E-state index is 0.305. The quantitative estimate of drug-likeness (QED) is 0.509. The fourth-order valence-electron chi connectivity index (χ4n) is 3.26. The summed E-state index contributed by atoms with van der Waals surface area (Å²) in [4.78, 5) is 40.5. The average molecular weight is 420 g/mol. The second-order valence-electron chi connectivity index (χ2n) is 6.58. The molecule has 0 atom stereocenters. The molecule has 148 valence electrons. The highest BCUT2D eigenvalue weighted by molar-refractivity contribution is 7.21. The van der Waals surface area contributed by atoms with Crippen molar-refractivity contribution in [3.8, 4) is 0 Å². The van der Waals surface area contributed by atoms with Gasteiger partial charge in [0.1, 0.15) is 21.9 Å². The standard InChI is InChI=1S/C20H13FN6O2S/c1-10-7-12(4-5-13(10)21)27-17-14-15(26-20(27)29)16(30-19(14)24-9-23-17)18(28)25-11-3-2-6-22-8-11/h2-9H,1H3,(H,25,28)(H,26,29). The van der Waals surface area contributed by atoms with Crippen LogP contribution < -0.4 is 15.5 Å². The summed E-state index contributed by atoms with van der Waals surface area (Å²) < 4.78 is 13.7.